The number of aromatic nitrogens is 2. The predicted octanol–water partition coefficient (Wildman–Crippen LogP) is 2.67. The molecule has 2 heterocycles. The summed E-state index contributed by atoms with van der Waals surface area (Å²) < 4.78 is 5.30. The second kappa shape index (κ2) is 9.05. The summed E-state index contributed by atoms with van der Waals surface area (Å²) in [5, 5.41) is 12.2. The van der Waals surface area contributed by atoms with Crippen molar-refractivity contribution in [2.24, 2.45) is 5.92 Å². The van der Waals surface area contributed by atoms with Gasteiger partial charge in [-0.3, -0.25) is 9.59 Å². The SMILES string of the molecule is CCOCCc1nnc(NC(=O)C2CC(=O)N(c3ccccc3CC)C2)s1. The molecule has 0 saturated carbocycles. The Bertz CT molecular complexity index is 808. The molecule has 1 aromatic carbocycles. The number of amides is 2. The molecule has 1 atom stereocenters. The van der Waals surface area contributed by atoms with Crippen LogP contribution in [0.2, 0.25) is 0 Å². The van der Waals surface area contributed by atoms with Crippen LogP contribution in [0.25, 0.3) is 0 Å². The number of aryl methyl sites for hydroxylation is 1. The molecule has 3 rings (SSSR count). The van der Waals surface area contributed by atoms with E-state index in [1.165, 1.54) is 11.3 Å². The number of anilines is 2. The van der Waals surface area contributed by atoms with Crippen molar-refractivity contribution in [1.29, 1.82) is 0 Å². The summed E-state index contributed by atoms with van der Waals surface area (Å²) in [4.78, 5) is 26.8. The first-order chi connectivity index (χ1) is 13.1. The fourth-order valence-corrected chi connectivity index (χ4v) is 3.83. The molecule has 1 unspecified atom stereocenters. The lowest BCUT2D eigenvalue weighted by atomic mass is 10.1. The third kappa shape index (κ3) is 4.70. The first kappa shape index (κ1) is 19.4. The number of nitrogens with one attached hydrogen (secondary N) is 1. The number of benzene rings is 1. The summed E-state index contributed by atoms with van der Waals surface area (Å²) in [5.74, 6) is -0.601. The van der Waals surface area contributed by atoms with E-state index in [0.717, 1.165) is 22.7 Å². The molecule has 0 bridgehead atoms. The lowest BCUT2D eigenvalue weighted by Gasteiger charge is -2.19. The van der Waals surface area contributed by atoms with Gasteiger partial charge in [0.25, 0.3) is 0 Å². The molecule has 7 nitrogen and oxygen atoms in total. The summed E-state index contributed by atoms with van der Waals surface area (Å²) in [7, 11) is 0. The van der Waals surface area contributed by atoms with E-state index in [0.29, 0.717) is 31.3 Å². The van der Waals surface area contributed by atoms with Gasteiger partial charge in [-0.1, -0.05) is 36.5 Å². The van der Waals surface area contributed by atoms with Gasteiger partial charge in [-0.05, 0) is 25.0 Å². The number of hydrogen-bond acceptors (Lipinski definition) is 6. The smallest absolute Gasteiger partial charge is 0.231 e. The van der Waals surface area contributed by atoms with E-state index in [-0.39, 0.29) is 18.2 Å². The zero-order chi connectivity index (χ0) is 19.2. The minimum Gasteiger partial charge on any atom is -0.381 e. The third-order valence-corrected chi connectivity index (χ3v) is 5.42. The molecular weight excluding hydrogens is 364 g/mol. The quantitative estimate of drug-likeness (QED) is 0.703. The minimum atomic E-state index is -0.391. The fourth-order valence-electron chi connectivity index (χ4n) is 3.11. The molecule has 27 heavy (non-hydrogen) atoms. The van der Waals surface area contributed by atoms with Crippen molar-refractivity contribution in [3.63, 3.8) is 0 Å². The number of hydrogen-bond donors (Lipinski definition) is 1. The van der Waals surface area contributed by atoms with Crippen molar-refractivity contribution in [3.05, 3.63) is 34.8 Å². The van der Waals surface area contributed by atoms with E-state index in [2.05, 4.69) is 22.4 Å². The summed E-state index contributed by atoms with van der Waals surface area (Å²) >= 11 is 1.34. The van der Waals surface area contributed by atoms with Gasteiger partial charge in [0.15, 0.2) is 0 Å². The second-order valence-corrected chi connectivity index (χ2v) is 7.39. The van der Waals surface area contributed by atoms with Crippen molar-refractivity contribution in [1.82, 2.24) is 10.2 Å². The van der Waals surface area contributed by atoms with Crippen molar-refractivity contribution in [2.45, 2.75) is 33.1 Å². The summed E-state index contributed by atoms with van der Waals surface area (Å²) in [6.07, 6.45) is 1.72. The summed E-state index contributed by atoms with van der Waals surface area (Å²) in [6.45, 7) is 5.63. The van der Waals surface area contributed by atoms with Gasteiger partial charge in [-0.2, -0.15) is 0 Å². The predicted molar refractivity (Wildman–Crippen MR) is 105 cm³/mol. The average molecular weight is 388 g/mol. The molecule has 1 aliphatic heterocycles. The Morgan fingerprint density at radius 2 is 2.15 bits per heavy atom. The molecule has 144 valence electrons. The summed E-state index contributed by atoms with van der Waals surface area (Å²) in [5.41, 5.74) is 2.00. The highest BCUT2D eigenvalue weighted by Gasteiger charge is 2.36. The maximum absolute atomic E-state index is 12.6. The van der Waals surface area contributed by atoms with Gasteiger partial charge < -0.3 is 15.0 Å². The van der Waals surface area contributed by atoms with Crippen LogP contribution in [0.3, 0.4) is 0 Å². The highest BCUT2D eigenvalue weighted by molar-refractivity contribution is 7.15. The molecule has 1 saturated heterocycles. The Morgan fingerprint density at radius 3 is 2.93 bits per heavy atom. The van der Waals surface area contributed by atoms with Crippen molar-refractivity contribution in [2.75, 3.05) is 30.0 Å². The molecule has 2 amide bonds. The van der Waals surface area contributed by atoms with Crippen LogP contribution < -0.4 is 10.2 Å². The van der Waals surface area contributed by atoms with E-state index in [1.807, 2.05) is 31.2 Å². The lowest BCUT2D eigenvalue weighted by molar-refractivity contribution is -0.122. The Morgan fingerprint density at radius 1 is 1.33 bits per heavy atom. The zero-order valence-electron chi connectivity index (χ0n) is 15.6. The van der Waals surface area contributed by atoms with Gasteiger partial charge in [0.2, 0.25) is 16.9 Å². The van der Waals surface area contributed by atoms with E-state index < -0.39 is 5.92 Å². The standard InChI is InChI=1S/C19H24N4O3S/c1-3-13-7-5-6-8-15(13)23-12-14(11-17(23)24)18(25)20-19-22-21-16(27-19)9-10-26-4-2/h5-8,14H,3-4,9-12H2,1-2H3,(H,20,22,25). The van der Waals surface area contributed by atoms with Gasteiger partial charge in [0, 0.05) is 31.7 Å². The van der Waals surface area contributed by atoms with Crippen LogP contribution in [-0.4, -0.2) is 41.8 Å². The molecular formula is C19H24N4O3S. The highest BCUT2D eigenvalue weighted by atomic mass is 32.1. The van der Waals surface area contributed by atoms with E-state index >= 15 is 0 Å². The van der Waals surface area contributed by atoms with Crippen LogP contribution in [-0.2, 0) is 27.2 Å². The number of para-hydroxylation sites is 1. The Kier molecular flexibility index (Phi) is 6.52. The first-order valence-electron chi connectivity index (χ1n) is 9.21. The van der Waals surface area contributed by atoms with Crippen LogP contribution in [0.4, 0.5) is 10.8 Å². The monoisotopic (exact) mass is 388 g/mol. The Labute approximate surface area is 162 Å². The maximum Gasteiger partial charge on any atom is 0.231 e. The van der Waals surface area contributed by atoms with Gasteiger partial charge in [-0.15, -0.1) is 10.2 Å². The molecule has 2 aromatic rings. The van der Waals surface area contributed by atoms with Gasteiger partial charge in [0.1, 0.15) is 5.01 Å². The Hall–Kier alpha value is -2.32. The number of carbonyl (C=O) groups excluding carboxylic acids is 2. The van der Waals surface area contributed by atoms with Crippen LogP contribution in [0.1, 0.15) is 30.8 Å². The minimum absolute atomic E-state index is 0.0225. The van der Waals surface area contributed by atoms with Crippen LogP contribution in [0.5, 0.6) is 0 Å². The summed E-state index contributed by atoms with van der Waals surface area (Å²) in [6, 6.07) is 7.83. The molecule has 8 heteroatoms. The van der Waals surface area contributed by atoms with Gasteiger partial charge in [-0.25, -0.2) is 0 Å². The van der Waals surface area contributed by atoms with Crippen molar-refractivity contribution in [3.8, 4) is 0 Å². The topological polar surface area (TPSA) is 84.4 Å². The Balaban J connectivity index is 1.61. The van der Waals surface area contributed by atoms with Crippen LogP contribution in [0, 0.1) is 5.92 Å². The highest BCUT2D eigenvalue weighted by Crippen LogP contribution is 2.29. The molecule has 0 aliphatic carbocycles. The van der Waals surface area contributed by atoms with E-state index in [9.17, 15) is 9.59 Å². The number of ether oxygens (including phenoxy) is 1. The molecule has 0 spiro atoms. The number of carbonyl (C=O) groups is 2. The first-order valence-corrected chi connectivity index (χ1v) is 10.0. The molecule has 1 N–H and O–H groups in total. The third-order valence-electron chi connectivity index (χ3n) is 4.52. The second-order valence-electron chi connectivity index (χ2n) is 6.32. The molecule has 0 radical (unpaired) electrons. The van der Waals surface area contributed by atoms with Crippen molar-refractivity contribution < 1.29 is 14.3 Å². The van der Waals surface area contributed by atoms with Crippen molar-refractivity contribution >= 4 is 34.0 Å². The maximum atomic E-state index is 12.6. The molecule has 1 aliphatic rings. The van der Waals surface area contributed by atoms with Gasteiger partial charge in [0.05, 0.1) is 12.5 Å². The fraction of sp³-hybridized carbons (Fsp3) is 0.474. The lowest BCUT2D eigenvalue weighted by Crippen LogP contribution is -2.28. The zero-order valence-corrected chi connectivity index (χ0v) is 16.4. The molecule has 1 fully saturated rings. The molecule has 1 aromatic heterocycles. The van der Waals surface area contributed by atoms with Crippen LogP contribution >= 0.6 is 11.3 Å². The van der Waals surface area contributed by atoms with E-state index in [4.69, 9.17) is 4.74 Å². The normalized spacial score (nSPS) is 16.7. The number of nitrogens with zero attached hydrogens (tertiary/aromatic N) is 3. The van der Waals surface area contributed by atoms with Gasteiger partial charge >= 0.3 is 0 Å². The van der Waals surface area contributed by atoms with E-state index in [1.54, 1.807) is 4.90 Å². The van der Waals surface area contributed by atoms with Crippen LogP contribution in [0.15, 0.2) is 24.3 Å². The average Bonchev–Trinajstić information content (AvgIpc) is 3.28. The number of rotatable bonds is 8. The largest absolute Gasteiger partial charge is 0.381 e.